The van der Waals surface area contributed by atoms with Gasteiger partial charge in [0, 0.05) is 24.0 Å². The second-order valence-electron chi connectivity index (χ2n) is 4.52. The van der Waals surface area contributed by atoms with E-state index in [4.69, 9.17) is 5.73 Å². The van der Waals surface area contributed by atoms with E-state index >= 15 is 0 Å². The van der Waals surface area contributed by atoms with Gasteiger partial charge in [-0.1, -0.05) is 23.8 Å². The Kier molecular flexibility index (Phi) is 3.92. The third kappa shape index (κ3) is 3.38. The molecule has 0 aliphatic rings. The molecule has 0 saturated heterocycles. The van der Waals surface area contributed by atoms with Crippen molar-refractivity contribution < 1.29 is 0 Å². The Morgan fingerprint density at radius 1 is 1.29 bits per heavy atom. The molecule has 2 N–H and O–H groups in total. The van der Waals surface area contributed by atoms with Crippen LogP contribution in [0.1, 0.15) is 21.7 Å². The molecule has 0 radical (unpaired) electrons. The Labute approximate surface area is 107 Å². The monoisotopic (exact) mass is 246 g/mol. The molecule has 17 heavy (non-hydrogen) atoms. The molecule has 2 nitrogen and oxygen atoms in total. The number of hydrogen-bond acceptors (Lipinski definition) is 3. The van der Waals surface area contributed by atoms with Crippen molar-refractivity contribution in [1.29, 1.82) is 0 Å². The zero-order valence-electron chi connectivity index (χ0n) is 10.3. The summed E-state index contributed by atoms with van der Waals surface area (Å²) in [5.41, 5.74) is 10.2. The molecule has 1 atom stereocenters. The Bertz CT molecular complexity index is 477. The largest absolute Gasteiger partial charge is 0.327 e. The zero-order valence-corrected chi connectivity index (χ0v) is 11.1. The highest BCUT2D eigenvalue weighted by Gasteiger charge is 2.09. The van der Waals surface area contributed by atoms with E-state index in [0.29, 0.717) is 0 Å². The van der Waals surface area contributed by atoms with Crippen LogP contribution in [0.2, 0.25) is 0 Å². The van der Waals surface area contributed by atoms with Gasteiger partial charge in [-0.25, -0.2) is 4.98 Å². The number of hydrogen-bond donors (Lipinski definition) is 1. The van der Waals surface area contributed by atoms with Crippen molar-refractivity contribution in [2.75, 3.05) is 0 Å². The van der Waals surface area contributed by atoms with Crippen molar-refractivity contribution in [2.24, 2.45) is 5.73 Å². The van der Waals surface area contributed by atoms with Crippen LogP contribution < -0.4 is 5.73 Å². The summed E-state index contributed by atoms with van der Waals surface area (Å²) in [6, 6.07) is 6.70. The quantitative estimate of drug-likeness (QED) is 0.901. The zero-order chi connectivity index (χ0) is 12.3. The third-order valence-electron chi connectivity index (χ3n) is 2.91. The van der Waals surface area contributed by atoms with Gasteiger partial charge in [-0.05, 0) is 31.4 Å². The maximum atomic E-state index is 6.18. The molecule has 0 fully saturated rings. The van der Waals surface area contributed by atoms with Crippen molar-refractivity contribution >= 4 is 11.3 Å². The lowest BCUT2D eigenvalue weighted by molar-refractivity contribution is 0.660. The standard InChI is InChI=1S/C14H18N2S/c1-10-3-4-11(2)12(7-10)8-13(15)9-14-16-5-6-17-14/h3-7,13H,8-9,15H2,1-2H3. The average molecular weight is 246 g/mol. The highest BCUT2D eigenvalue weighted by molar-refractivity contribution is 7.09. The van der Waals surface area contributed by atoms with Gasteiger partial charge in [0.15, 0.2) is 0 Å². The lowest BCUT2D eigenvalue weighted by Crippen LogP contribution is -2.25. The van der Waals surface area contributed by atoms with Crippen LogP contribution in [-0.2, 0) is 12.8 Å². The minimum Gasteiger partial charge on any atom is -0.327 e. The van der Waals surface area contributed by atoms with E-state index in [2.05, 4.69) is 37.0 Å². The van der Waals surface area contributed by atoms with E-state index in [0.717, 1.165) is 17.8 Å². The average Bonchev–Trinajstić information content (AvgIpc) is 2.76. The van der Waals surface area contributed by atoms with Crippen molar-refractivity contribution in [2.45, 2.75) is 32.7 Å². The first kappa shape index (κ1) is 12.3. The van der Waals surface area contributed by atoms with E-state index in [9.17, 15) is 0 Å². The van der Waals surface area contributed by atoms with Crippen molar-refractivity contribution in [3.05, 3.63) is 51.5 Å². The van der Waals surface area contributed by atoms with E-state index < -0.39 is 0 Å². The summed E-state index contributed by atoms with van der Waals surface area (Å²) in [6.45, 7) is 4.26. The number of rotatable bonds is 4. The van der Waals surface area contributed by atoms with Gasteiger partial charge < -0.3 is 5.73 Å². The van der Waals surface area contributed by atoms with Gasteiger partial charge in [0.1, 0.15) is 0 Å². The number of benzene rings is 1. The van der Waals surface area contributed by atoms with E-state index in [1.165, 1.54) is 16.7 Å². The predicted molar refractivity (Wildman–Crippen MR) is 73.4 cm³/mol. The minimum atomic E-state index is 0.154. The molecule has 0 amide bonds. The first-order valence-corrected chi connectivity index (χ1v) is 6.73. The molecule has 0 aliphatic heterocycles. The highest BCUT2D eigenvalue weighted by atomic mass is 32.1. The molecular weight excluding hydrogens is 228 g/mol. The van der Waals surface area contributed by atoms with Crippen LogP contribution in [-0.4, -0.2) is 11.0 Å². The normalized spacial score (nSPS) is 12.6. The molecule has 2 aromatic rings. The van der Waals surface area contributed by atoms with Crippen LogP contribution >= 0.6 is 11.3 Å². The van der Waals surface area contributed by atoms with Gasteiger partial charge in [0.05, 0.1) is 5.01 Å². The molecule has 2 rings (SSSR count). The molecule has 1 unspecified atom stereocenters. The summed E-state index contributed by atoms with van der Waals surface area (Å²) in [5.74, 6) is 0. The molecule has 0 bridgehead atoms. The van der Waals surface area contributed by atoms with E-state index in [1.54, 1.807) is 11.3 Å². The first-order chi connectivity index (χ1) is 8.15. The predicted octanol–water partition coefficient (Wildman–Crippen LogP) is 2.87. The third-order valence-corrected chi connectivity index (χ3v) is 3.71. The molecule has 3 heteroatoms. The summed E-state index contributed by atoms with van der Waals surface area (Å²) >= 11 is 1.68. The summed E-state index contributed by atoms with van der Waals surface area (Å²) in [4.78, 5) is 4.28. The van der Waals surface area contributed by atoms with Gasteiger partial charge in [-0.15, -0.1) is 11.3 Å². The molecular formula is C14H18N2S. The smallest absolute Gasteiger partial charge is 0.0940 e. The summed E-state index contributed by atoms with van der Waals surface area (Å²) in [5, 5.41) is 3.13. The van der Waals surface area contributed by atoms with Crippen LogP contribution in [0.4, 0.5) is 0 Å². The fourth-order valence-electron chi connectivity index (χ4n) is 1.95. The number of aromatic nitrogens is 1. The maximum Gasteiger partial charge on any atom is 0.0940 e. The van der Waals surface area contributed by atoms with Crippen LogP contribution in [0.25, 0.3) is 0 Å². The number of thiazole rings is 1. The van der Waals surface area contributed by atoms with Crippen molar-refractivity contribution in [3.63, 3.8) is 0 Å². The molecule has 0 saturated carbocycles. The lowest BCUT2D eigenvalue weighted by atomic mass is 9.98. The molecule has 1 heterocycles. The summed E-state index contributed by atoms with van der Waals surface area (Å²) in [6.07, 6.45) is 3.63. The van der Waals surface area contributed by atoms with Gasteiger partial charge in [0.2, 0.25) is 0 Å². The topological polar surface area (TPSA) is 38.9 Å². The number of aryl methyl sites for hydroxylation is 2. The second-order valence-corrected chi connectivity index (χ2v) is 5.50. The Hall–Kier alpha value is -1.19. The fourth-order valence-corrected chi connectivity index (χ4v) is 2.66. The van der Waals surface area contributed by atoms with E-state index in [-0.39, 0.29) is 6.04 Å². The second kappa shape index (κ2) is 5.43. The lowest BCUT2D eigenvalue weighted by Gasteiger charge is -2.12. The molecule has 90 valence electrons. The first-order valence-electron chi connectivity index (χ1n) is 5.85. The van der Waals surface area contributed by atoms with Crippen LogP contribution in [0.3, 0.4) is 0 Å². The van der Waals surface area contributed by atoms with E-state index in [1.807, 2.05) is 11.6 Å². The Balaban J connectivity index is 2.02. The van der Waals surface area contributed by atoms with Crippen molar-refractivity contribution in [1.82, 2.24) is 4.98 Å². The van der Waals surface area contributed by atoms with Gasteiger partial charge in [-0.3, -0.25) is 0 Å². The van der Waals surface area contributed by atoms with Crippen LogP contribution in [0.5, 0.6) is 0 Å². The summed E-state index contributed by atoms with van der Waals surface area (Å²) < 4.78 is 0. The number of nitrogens with two attached hydrogens (primary N) is 1. The minimum absolute atomic E-state index is 0.154. The molecule has 1 aromatic carbocycles. The van der Waals surface area contributed by atoms with Crippen LogP contribution in [0.15, 0.2) is 29.8 Å². The van der Waals surface area contributed by atoms with Crippen molar-refractivity contribution in [3.8, 4) is 0 Å². The molecule has 0 spiro atoms. The number of nitrogens with zero attached hydrogens (tertiary/aromatic N) is 1. The van der Waals surface area contributed by atoms with Gasteiger partial charge in [-0.2, -0.15) is 0 Å². The highest BCUT2D eigenvalue weighted by Crippen LogP contribution is 2.14. The molecule has 0 aliphatic carbocycles. The SMILES string of the molecule is Cc1ccc(C)c(CC(N)Cc2nccs2)c1. The fraction of sp³-hybridized carbons (Fsp3) is 0.357. The Morgan fingerprint density at radius 3 is 2.82 bits per heavy atom. The maximum absolute atomic E-state index is 6.18. The van der Waals surface area contributed by atoms with Crippen LogP contribution in [0, 0.1) is 13.8 Å². The Morgan fingerprint density at radius 2 is 2.12 bits per heavy atom. The summed E-state index contributed by atoms with van der Waals surface area (Å²) in [7, 11) is 0. The van der Waals surface area contributed by atoms with Gasteiger partial charge >= 0.3 is 0 Å². The molecule has 1 aromatic heterocycles. The van der Waals surface area contributed by atoms with Gasteiger partial charge in [0.25, 0.3) is 0 Å².